The van der Waals surface area contributed by atoms with Crippen LogP contribution in [0.3, 0.4) is 0 Å². The van der Waals surface area contributed by atoms with Gasteiger partial charge in [0.15, 0.2) is 0 Å². The molecule has 3 rings (SSSR count). The van der Waals surface area contributed by atoms with Gasteiger partial charge in [0.05, 0.1) is 5.75 Å². The molecule has 1 aliphatic carbocycles. The number of hydrogen-bond acceptors (Lipinski definition) is 3. The maximum absolute atomic E-state index is 12.7. The van der Waals surface area contributed by atoms with Gasteiger partial charge in [0.2, 0.25) is 10.0 Å². The Kier molecular flexibility index (Phi) is 7.57. The van der Waals surface area contributed by atoms with E-state index >= 15 is 0 Å². The van der Waals surface area contributed by atoms with E-state index in [4.69, 9.17) is 0 Å². The van der Waals surface area contributed by atoms with E-state index in [1.165, 1.54) is 5.56 Å². The van der Waals surface area contributed by atoms with Crippen molar-refractivity contribution in [2.45, 2.75) is 69.9 Å². The lowest BCUT2D eigenvalue weighted by Crippen LogP contribution is -2.52. The van der Waals surface area contributed by atoms with Crippen molar-refractivity contribution in [2.75, 3.05) is 25.9 Å². The van der Waals surface area contributed by atoms with Gasteiger partial charge < -0.3 is 10.2 Å². The van der Waals surface area contributed by atoms with Crippen LogP contribution in [0.1, 0.15) is 63.4 Å². The lowest BCUT2D eigenvalue weighted by atomic mass is 9.82. The molecule has 29 heavy (non-hydrogen) atoms. The molecule has 1 aromatic rings. The molecule has 6 nitrogen and oxygen atoms in total. The average molecular weight is 422 g/mol. The molecule has 1 heterocycles. The second-order valence-electron chi connectivity index (χ2n) is 8.47. The Morgan fingerprint density at radius 1 is 1.07 bits per heavy atom. The summed E-state index contributed by atoms with van der Waals surface area (Å²) >= 11 is 0. The minimum atomic E-state index is -3.14. The van der Waals surface area contributed by atoms with E-state index in [1.807, 2.05) is 14.0 Å². The highest BCUT2D eigenvalue weighted by Crippen LogP contribution is 2.32. The predicted octanol–water partition coefficient (Wildman–Crippen LogP) is 3.56. The molecule has 1 N–H and O–H groups in total. The Hall–Kier alpha value is -1.60. The number of hydrogen-bond donors (Lipinski definition) is 1. The quantitative estimate of drug-likeness (QED) is 0.764. The topological polar surface area (TPSA) is 69.7 Å². The van der Waals surface area contributed by atoms with Crippen LogP contribution in [-0.4, -0.2) is 61.6 Å². The summed E-state index contributed by atoms with van der Waals surface area (Å²) in [4.78, 5) is 14.5. The van der Waals surface area contributed by atoms with Crippen molar-refractivity contribution in [3.8, 4) is 0 Å². The second-order valence-corrected chi connectivity index (χ2v) is 10.6. The van der Waals surface area contributed by atoms with E-state index in [0.29, 0.717) is 38.3 Å². The standard InChI is InChI=1S/C22H35N3O3S/c1-3-17-29(27,28)25-15-13-21(14-16-25)24(2)22(26)23-20-11-9-19(10-12-20)18-7-5-4-6-8-18/h4-8,19-21H,3,9-17H2,1-2H3,(H,23,26)/t19-,20+. The number of sulfonamides is 1. The molecule has 0 radical (unpaired) electrons. The molecule has 0 atom stereocenters. The maximum Gasteiger partial charge on any atom is 0.317 e. The molecule has 1 saturated carbocycles. The van der Waals surface area contributed by atoms with Crippen molar-refractivity contribution < 1.29 is 13.2 Å². The van der Waals surface area contributed by atoms with Crippen LogP contribution in [0.25, 0.3) is 0 Å². The zero-order valence-electron chi connectivity index (χ0n) is 17.7. The molecule has 1 aliphatic heterocycles. The maximum atomic E-state index is 12.7. The highest BCUT2D eigenvalue weighted by molar-refractivity contribution is 7.89. The molecular weight excluding hydrogens is 386 g/mol. The molecule has 162 valence electrons. The molecular formula is C22H35N3O3S. The van der Waals surface area contributed by atoms with E-state index in [0.717, 1.165) is 25.7 Å². The van der Waals surface area contributed by atoms with Gasteiger partial charge >= 0.3 is 6.03 Å². The summed E-state index contributed by atoms with van der Waals surface area (Å²) in [6.07, 6.45) is 6.26. The molecule has 2 fully saturated rings. The van der Waals surface area contributed by atoms with E-state index in [1.54, 1.807) is 9.21 Å². The van der Waals surface area contributed by atoms with Gasteiger partial charge in [-0.1, -0.05) is 37.3 Å². The number of nitrogens with zero attached hydrogens (tertiary/aromatic N) is 2. The predicted molar refractivity (Wildman–Crippen MR) is 116 cm³/mol. The van der Waals surface area contributed by atoms with Gasteiger partial charge in [-0.2, -0.15) is 0 Å². The van der Waals surface area contributed by atoms with Crippen LogP contribution < -0.4 is 5.32 Å². The van der Waals surface area contributed by atoms with Crippen LogP contribution in [0.2, 0.25) is 0 Å². The van der Waals surface area contributed by atoms with E-state index in [9.17, 15) is 13.2 Å². The molecule has 1 saturated heterocycles. The number of nitrogens with one attached hydrogen (secondary N) is 1. The third-order valence-electron chi connectivity index (χ3n) is 6.47. The van der Waals surface area contributed by atoms with Crippen molar-refractivity contribution in [3.05, 3.63) is 35.9 Å². The molecule has 7 heteroatoms. The van der Waals surface area contributed by atoms with Gasteiger partial charge in [0, 0.05) is 32.2 Å². The van der Waals surface area contributed by atoms with E-state index < -0.39 is 10.0 Å². The summed E-state index contributed by atoms with van der Waals surface area (Å²) in [5.74, 6) is 0.802. The van der Waals surface area contributed by atoms with Crippen LogP contribution in [-0.2, 0) is 10.0 Å². The molecule has 1 aromatic carbocycles. The summed E-state index contributed by atoms with van der Waals surface area (Å²) in [5, 5.41) is 3.20. The Morgan fingerprint density at radius 2 is 1.69 bits per heavy atom. The monoisotopic (exact) mass is 421 g/mol. The summed E-state index contributed by atoms with van der Waals surface area (Å²) in [6.45, 7) is 2.90. The van der Waals surface area contributed by atoms with Gasteiger partial charge in [-0.25, -0.2) is 17.5 Å². The first kappa shape index (κ1) is 22.1. The SMILES string of the molecule is CCCS(=O)(=O)N1CCC(N(C)C(=O)N[C@H]2CC[C@@H](c3ccccc3)CC2)CC1. The van der Waals surface area contributed by atoms with Gasteiger partial charge in [0.25, 0.3) is 0 Å². The zero-order valence-corrected chi connectivity index (χ0v) is 18.5. The van der Waals surface area contributed by atoms with Crippen LogP contribution >= 0.6 is 0 Å². The lowest BCUT2D eigenvalue weighted by Gasteiger charge is -2.37. The first-order valence-corrected chi connectivity index (χ1v) is 12.6. The second kappa shape index (κ2) is 9.94. The minimum Gasteiger partial charge on any atom is -0.335 e. The Labute approximate surface area is 175 Å². The molecule has 0 aromatic heterocycles. The smallest absolute Gasteiger partial charge is 0.317 e. The first-order chi connectivity index (χ1) is 13.9. The fourth-order valence-corrected chi connectivity index (χ4v) is 6.17. The average Bonchev–Trinajstić information content (AvgIpc) is 2.74. The number of amides is 2. The largest absolute Gasteiger partial charge is 0.335 e. The lowest BCUT2D eigenvalue weighted by molar-refractivity contribution is 0.157. The number of carbonyl (C=O) groups is 1. The summed E-state index contributed by atoms with van der Waals surface area (Å²) in [7, 11) is -1.30. The van der Waals surface area contributed by atoms with Crippen LogP contribution in [0.15, 0.2) is 30.3 Å². The van der Waals surface area contributed by atoms with Crippen LogP contribution in [0, 0.1) is 0 Å². The van der Waals surface area contributed by atoms with Crippen LogP contribution in [0.5, 0.6) is 0 Å². The highest BCUT2D eigenvalue weighted by Gasteiger charge is 2.31. The van der Waals surface area contributed by atoms with Gasteiger partial charge in [-0.3, -0.25) is 0 Å². The molecule has 0 bridgehead atoms. The molecule has 2 aliphatic rings. The number of urea groups is 1. The first-order valence-electron chi connectivity index (χ1n) is 11.0. The van der Waals surface area contributed by atoms with Gasteiger partial charge in [0.1, 0.15) is 0 Å². The van der Waals surface area contributed by atoms with Crippen molar-refractivity contribution in [2.24, 2.45) is 0 Å². The van der Waals surface area contributed by atoms with Crippen molar-refractivity contribution in [3.63, 3.8) is 0 Å². The molecule has 0 spiro atoms. The Bertz CT molecular complexity index is 753. The van der Waals surface area contributed by atoms with Crippen LogP contribution in [0.4, 0.5) is 4.79 Å². The molecule has 0 unspecified atom stereocenters. The zero-order chi connectivity index (χ0) is 20.9. The Balaban J connectivity index is 1.43. The van der Waals surface area contributed by atoms with E-state index in [2.05, 4.69) is 35.6 Å². The number of carbonyl (C=O) groups excluding carboxylic acids is 1. The van der Waals surface area contributed by atoms with E-state index in [-0.39, 0.29) is 23.9 Å². The minimum absolute atomic E-state index is 0.0250. The summed E-state index contributed by atoms with van der Waals surface area (Å²) in [6, 6.07) is 10.9. The summed E-state index contributed by atoms with van der Waals surface area (Å²) in [5.41, 5.74) is 1.40. The molecule has 2 amide bonds. The highest BCUT2D eigenvalue weighted by atomic mass is 32.2. The van der Waals surface area contributed by atoms with Crippen molar-refractivity contribution >= 4 is 16.1 Å². The third kappa shape index (κ3) is 5.72. The van der Waals surface area contributed by atoms with Gasteiger partial charge in [-0.15, -0.1) is 0 Å². The number of benzene rings is 1. The third-order valence-corrected chi connectivity index (χ3v) is 8.55. The number of rotatable bonds is 6. The summed E-state index contributed by atoms with van der Waals surface area (Å²) < 4.78 is 26.0. The number of piperidine rings is 1. The normalized spacial score (nSPS) is 24.2. The fourth-order valence-electron chi connectivity index (χ4n) is 4.63. The van der Waals surface area contributed by atoms with Crippen molar-refractivity contribution in [1.29, 1.82) is 0 Å². The van der Waals surface area contributed by atoms with Gasteiger partial charge in [-0.05, 0) is 56.4 Å². The fraction of sp³-hybridized carbons (Fsp3) is 0.682. The Morgan fingerprint density at radius 3 is 2.28 bits per heavy atom. The van der Waals surface area contributed by atoms with Crippen molar-refractivity contribution in [1.82, 2.24) is 14.5 Å².